The van der Waals surface area contributed by atoms with Crippen molar-refractivity contribution in [2.24, 2.45) is 11.5 Å². The second-order valence-corrected chi connectivity index (χ2v) is 6.56. The molecule has 0 aliphatic carbocycles. The van der Waals surface area contributed by atoms with Gasteiger partial charge in [-0.05, 0) is 41.0 Å². The van der Waals surface area contributed by atoms with Crippen molar-refractivity contribution in [1.82, 2.24) is 4.98 Å². The van der Waals surface area contributed by atoms with E-state index in [1.165, 1.54) is 0 Å². The van der Waals surface area contributed by atoms with Gasteiger partial charge in [0.15, 0.2) is 0 Å². The topological polar surface area (TPSA) is 94.1 Å². The number of nitrogens with one attached hydrogen (secondary N) is 1. The Kier molecular flexibility index (Phi) is 4.59. The van der Waals surface area contributed by atoms with Crippen molar-refractivity contribution in [2.45, 2.75) is 6.54 Å². The minimum atomic E-state index is -0.475. The van der Waals surface area contributed by atoms with E-state index in [4.69, 9.17) is 16.2 Å². The van der Waals surface area contributed by atoms with Crippen LogP contribution in [0.3, 0.4) is 0 Å². The fourth-order valence-electron chi connectivity index (χ4n) is 3.63. The molecule has 5 N–H and O–H groups in total. The Labute approximate surface area is 162 Å². The summed E-state index contributed by atoms with van der Waals surface area (Å²) in [7, 11) is 1.64. The molecule has 0 aliphatic heterocycles. The van der Waals surface area contributed by atoms with Crippen LogP contribution in [0.1, 0.15) is 15.9 Å². The molecule has 0 saturated carbocycles. The fraction of sp³-hybridized carbons (Fsp3) is 0.0870. The van der Waals surface area contributed by atoms with Gasteiger partial charge in [-0.15, -0.1) is 0 Å². The first-order valence-electron chi connectivity index (χ1n) is 9.01. The van der Waals surface area contributed by atoms with Gasteiger partial charge in [-0.1, -0.05) is 42.5 Å². The number of fused-ring (bicyclic) bond motifs is 1. The van der Waals surface area contributed by atoms with Gasteiger partial charge in [0.05, 0.1) is 23.9 Å². The van der Waals surface area contributed by atoms with Crippen molar-refractivity contribution < 1.29 is 9.53 Å². The molecule has 5 nitrogen and oxygen atoms in total. The number of ether oxygens (including phenoxy) is 1. The average molecular weight is 371 g/mol. The van der Waals surface area contributed by atoms with E-state index < -0.39 is 5.91 Å². The molecule has 0 bridgehead atoms. The number of nitrogens with two attached hydrogens (primary N) is 2. The van der Waals surface area contributed by atoms with E-state index in [1.807, 2.05) is 60.7 Å². The zero-order chi connectivity index (χ0) is 19.7. The average Bonchev–Trinajstić information content (AvgIpc) is 3.18. The molecule has 1 amide bonds. The van der Waals surface area contributed by atoms with E-state index in [1.54, 1.807) is 13.2 Å². The lowest BCUT2D eigenvalue weighted by molar-refractivity contribution is 0.100. The van der Waals surface area contributed by atoms with Crippen LogP contribution in [-0.2, 0) is 6.54 Å². The fourth-order valence-corrected chi connectivity index (χ4v) is 3.63. The van der Waals surface area contributed by atoms with Crippen LogP contribution in [0.5, 0.6) is 5.75 Å². The van der Waals surface area contributed by atoms with Crippen LogP contribution < -0.4 is 16.2 Å². The van der Waals surface area contributed by atoms with Gasteiger partial charge < -0.3 is 21.2 Å². The van der Waals surface area contributed by atoms with Gasteiger partial charge in [0.2, 0.25) is 0 Å². The highest BCUT2D eigenvalue weighted by Gasteiger charge is 2.17. The van der Waals surface area contributed by atoms with E-state index in [2.05, 4.69) is 4.98 Å². The van der Waals surface area contributed by atoms with E-state index in [0.717, 1.165) is 39.1 Å². The summed E-state index contributed by atoms with van der Waals surface area (Å²) < 4.78 is 5.50. The van der Waals surface area contributed by atoms with E-state index in [9.17, 15) is 4.79 Å². The molecule has 0 atom stereocenters. The molecular formula is C23H21N3O2. The number of methoxy groups -OCH3 is 1. The highest BCUT2D eigenvalue weighted by molar-refractivity contribution is 6.10. The first kappa shape index (κ1) is 17.8. The third-order valence-electron chi connectivity index (χ3n) is 4.98. The molecular weight excluding hydrogens is 350 g/mol. The zero-order valence-electron chi connectivity index (χ0n) is 15.5. The lowest BCUT2D eigenvalue weighted by Gasteiger charge is -2.10. The normalized spacial score (nSPS) is 10.9. The van der Waals surface area contributed by atoms with Crippen molar-refractivity contribution in [1.29, 1.82) is 0 Å². The SMILES string of the molecule is COc1ccccc1-c1cc2c(-c3ccccc3CN)ccc(C(N)=O)c2[nH]1. The number of hydrogen-bond donors (Lipinski definition) is 3. The van der Waals surface area contributed by atoms with Gasteiger partial charge in [0.25, 0.3) is 5.91 Å². The Morgan fingerprint density at radius 3 is 2.39 bits per heavy atom. The van der Waals surface area contributed by atoms with Crippen LogP contribution in [-0.4, -0.2) is 18.0 Å². The standard InChI is InChI=1S/C23H21N3O2/c1-28-21-9-5-4-8-17(21)20-12-19-16(15-7-3-2-6-14(15)13-24)10-11-18(23(25)27)22(19)26-20/h2-12,26H,13,24H2,1H3,(H2,25,27). The maximum absolute atomic E-state index is 12.0. The Balaban J connectivity index is 2.02. The van der Waals surface area contributed by atoms with Gasteiger partial charge in [-0.2, -0.15) is 0 Å². The highest BCUT2D eigenvalue weighted by Crippen LogP contribution is 2.37. The maximum Gasteiger partial charge on any atom is 0.250 e. The van der Waals surface area contributed by atoms with E-state index >= 15 is 0 Å². The summed E-state index contributed by atoms with van der Waals surface area (Å²) in [4.78, 5) is 15.4. The van der Waals surface area contributed by atoms with Crippen molar-refractivity contribution in [3.05, 3.63) is 77.9 Å². The molecule has 4 rings (SSSR count). The van der Waals surface area contributed by atoms with Gasteiger partial charge in [0, 0.05) is 17.5 Å². The van der Waals surface area contributed by atoms with E-state index in [0.29, 0.717) is 17.6 Å². The molecule has 140 valence electrons. The molecule has 0 saturated heterocycles. The van der Waals surface area contributed by atoms with Crippen molar-refractivity contribution in [3.8, 4) is 28.1 Å². The van der Waals surface area contributed by atoms with Gasteiger partial charge in [0.1, 0.15) is 5.75 Å². The quantitative estimate of drug-likeness (QED) is 0.494. The minimum absolute atomic E-state index is 0.430. The monoisotopic (exact) mass is 371 g/mol. The molecule has 28 heavy (non-hydrogen) atoms. The number of H-pyrrole nitrogens is 1. The van der Waals surface area contributed by atoms with Crippen molar-refractivity contribution in [3.63, 3.8) is 0 Å². The van der Waals surface area contributed by atoms with Crippen LogP contribution in [0.15, 0.2) is 66.7 Å². The number of aromatic amines is 1. The summed E-state index contributed by atoms with van der Waals surface area (Å²) in [5.74, 6) is 0.274. The smallest absolute Gasteiger partial charge is 0.250 e. The molecule has 3 aromatic carbocycles. The Morgan fingerprint density at radius 2 is 1.68 bits per heavy atom. The molecule has 5 heteroatoms. The summed E-state index contributed by atoms with van der Waals surface area (Å²) in [5.41, 5.74) is 17.6. The predicted octanol–water partition coefficient (Wildman–Crippen LogP) is 4.07. The first-order valence-corrected chi connectivity index (χ1v) is 9.01. The molecule has 0 spiro atoms. The summed E-state index contributed by atoms with van der Waals surface area (Å²) in [6.07, 6.45) is 0. The second kappa shape index (κ2) is 7.21. The predicted molar refractivity (Wildman–Crippen MR) is 112 cm³/mol. The number of carbonyl (C=O) groups is 1. The zero-order valence-corrected chi connectivity index (χ0v) is 15.5. The number of amides is 1. The molecule has 1 aromatic heterocycles. The van der Waals surface area contributed by atoms with Crippen LogP contribution in [0, 0.1) is 0 Å². The number of primary amides is 1. The third-order valence-corrected chi connectivity index (χ3v) is 4.98. The Bertz CT molecular complexity index is 1180. The van der Waals surface area contributed by atoms with Crippen molar-refractivity contribution >= 4 is 16.8 Å². The number of hydrogen-bond acceptors (Lipinski definition) is 3. The molecule has 0 fully saturated rings. The Hall–Kier alpha value is -3.57. The summed E-state index contributed by atoms with van der Waals surface area (Å²) in [6.45, 7) is 0.430. The van der Waals surface area contributed by atoms with Crippen LogP contribution >= 0.6 is 0 Å². The number of rotatable bonds is 5. The van der Waals surface area contributed by atoms with Crippen LogP contribution in [0.25, 0.3) is 33.3 Å². The number of aromatic nitrogens is 1. The third kappa shape index (κ3) is 2.92. The molecule has 0 unspecified atom stereocenters. The maximum atomic E-state index is 12.0. The molecule has 0 aliphatic rings. The van der Waals surface area contributed by atoms with Gasteiger partial charge in [-0.3, -0.25) is 4.79 Å². The summed E-state index contributed by atoms with van der Waals surface area (Å²) >= 11 is 0. The number of carbonyl (C=O) groups excluding carboxylic acids is 1. The van der Waals surface area contributed by atoms with Crippen LogP contribution in [0.2, 0.25) is 0 Å². The lowest BCUT2D eigenvalue weighted by Crippen LogP contribution is -2.11. The molecule has 4 aromatic rings. The summed E-state index contributed by atoms with van der Waals surface area (Å²) in [6, 6.07) is 21.5. The van der Waals surface area contributed by atoms with Crippen LogP contribution in [0.4, 0.5) is 0 Å². The minimum Gasteiger partial charge on any atom is -0.496 e. The number of para-hydroxylation sites is 1. The van der Waals surface area contributed by atoms with Gasteiger partial charge in [-0.25, -0.2) is 0 Å². The second-order valence-electron chi connectivity index (χ2n) is 6.56. The van der Waals surface area contributed by atoms with Crippen molar-refractivity contribution in [2.75, 3.05) is 7.11 Å². The molecule has 0 radical (unpaired) electrons. The number of benzene rings is 3. The highest BCUT2D eigenvalue weighted by atomic mass is 16.5. The first-order chi connectivity index (χ1) is 13.6. The van der Waals surface area contributed by atoms with E-state index in [-0.39, 0.29) is 0 Å². The largest absolute Gasteiger partial charge is 0.496 e. The summed E-state index contributed by atoms with van der Waals surface area (Å²) in [5, 5.41) is 0.915. The van der Waals surface area contributed by atoms with Gasteiger partial charge >= 0.3 is 0 Å². The molecule has 1 heterocycles. The lowest BCUT2D eigenvalue weighted by atomic mass is 9.95. The Morgan fingerprint density at radius 1 is 0.964 bits per heavy atom.